The molecule has 8 heteroatoms. The fourth-order valence-electron chi connectivity index (χ4n) is 0.966. The highest BCUT2D eigenvalue weighted by Gasteiger charge is 2.31. The van der Waals surface area contributed by atoms with Crippen molar-refractivity contribution in [3.05, 3.63) is 28.8 Å². The Labute approximate surface area is 93.5 Å². The molecule has 0 radical (unpaired) electrons. The first-order chi connectivity index (χ1) is 7.32. The van der Waals surface area contributed by atoms with Crippen LogP contribution in [0.4, 0.5) is 18.9 Å². The highest BCUT2D eigenvalue weighted by Crippen LogP contribution is 2.33. The number of nitrogens with two attached hydrogens (primary N) is 1. The molecule has 1 aromatic carbocycles. The standard InChI is InChI=1S/C8H7ClF3N3O/c9-5-1-4(8(10,11)12)2-6(3-5)14-7(13)15-16/h1-3,16H,(H3,13,14,15). The predicted octanol–water partition coefficient (Wildman–Crippen LogP) is 2.28. The van der Waals surface area contributed by atoms with Gasteiger partial charge in [-0.15, -0.1) is 0 Å². The fraction of sp³-hybridized carbons (Fsp3) is 0.125. The van der Waals surface area contributed by atoms with Gasteiger partial charge < -0.3 is 5.73 Å². The zero-order valence-corrected chi connectivity index (χ0v) is 8.47. The lowest BCUT2D eigenvalue weighted by atomic mass is 10.2. The number of halogens is 4. The molecule has 0 aliphatic heterocycles. The first kappa shape index (κ1) is 12.6. The van der Waals surface area contributed by atoms with Crippen LogP contribution in [0.25, 0.3) is 0 Å². The maximum Gasteiger partial charge on any atom is 0.416 e. The van der Waals surface area contributed by atoms with Gasteiger partial charge in [0.15, 0.2) is 0 Å². The van der Waals surface area contributed by atoms with Crippen LogP contribution in [-0.4, -0.2) is 11.2 Å². The van der Waals surface area contributed by atoms with Crippen LogP contribution in [0.5, 0.6) is 0 Å². The monoisotopic (exact) mass is 253 g/mol. The molecule has 0 unspecified atom stereocenters. The summed E-state index contributed by atoms with van der Waals surface area (Å²) in [5, 5.41) is 8.21. The molecule has 0 aliphatic carbocycles. The van der Waals surface area contributed by atoms with Crippen LogP contribution < -0.4 is 11.2 Å². The van der Waals surface area contributed by atoms with Crippen molar-refractivity contribution in [2.24, 2.45) is 10.7 Å². The topological polar surface area (TPSA) is 70.6 Å². The second-order valence-electron chi connectivity index (χ2n) is 2.80. The van der Waals surface area contributed by atoms with Crippen molar-refractivity contribution >= 4 is 23.2 Å². The molecular formula is C8H7ClF3N3O. The summed E-state index contributed by atoms with van der Waals surface area (Å²) in [6.07, 6.45) is -4.52. The molecule has 0 fully saturated rings. The number of benzene rings is 1. The van der Waals surface area contributed by atoms with Gasteiger partial charge in [-0.1, -0.05) is 11.6 Å². The smallest absolute Gasteiger partial charge is 0.368 e. The van der Waals surface area contributed by atoms with Crippen molar-refractivity contribution < 1.29 is 18.4 Å². The summed E-state index contributed by atoms with van der Waals surface area (Å²) in [4.78, 5) is 3.46. The van der Waals surface area contributed by atoms with E-state index >= 15 is 0 Å². The summed E-state index contributed by atoms with van der Waals surface area (Å²) in [7, 11) is 0. The Hall–Kier alpha value is -1.47. The fourth-order valence-corrected chi connectivity index (χ4v) is 1.20. The number of rotatable bonds is 1. The lowest BCUT2D eigenvalue weighted by Gasteiger charge is -2.08. The number of hydroxylamine groups is 1. The third-order valence-corrected chi connectivity index (χ3v) is 1.79. The summed E-state index contributed by atoms with van der Waals surface area (Å²) in [5.74, 6) is -0.435. The molecule has 0 atom stereocenters. The summed E-state index contributed by atoms with van der Waals surface area (Å²) in [6, 6.07) is 2.71. The summed E-state index contributed by atoms with van der Waals surface area (Å²) >= 11 is 5.49. The van der Waals surface area contributed by atoms with Gasteiger partial charge in [0.1, 0.15) is 0 Å². The zero-order chi connectivity index (χ0) is 12.3. The maximum absolute atomic E-state index is 12.4. The third kappa shape index (κ3) is 3.28. The summed E-state index contributed by atoms with van der Waals surface area (Å²) in [5.41, 5.74) is 5.52. The van der Waals surface area contributed by atoms with Crippen molar-refractivity contribution in [1.82, 2.24) is 5.48 Å². The van der Waals surface area contributed by atoms with Crippen molar-refractivity contribution in [2.75, 3.05) is 0 Å². The normalized spacial score (nSPS) is 12.7. The molecule has 0 saturated heterocycles. The van der Waals surface area contributed by atoms with Crippen LogP contribution in [0.2, 0.25) is 5.02 Å². The minimum absolute atomic E-state index is 0.112. The highest BCUT2D eigenvalue weighted by atomic mass is 35.5. The number of nitrogens with one attached hydrogen (secondary N) is 1. The highest BCUT2D eigenvalue weighted by molar-refractivity contribution is 6.30. The Bertz CT molecular complexity index is 419. The molecule has 0 spiro atoms. The first-order valence-corrected chi connectivity index (χ1v) is 4.33. The van der Waals surface area contributed by atoms with Crippen LogP contribution >= 0.6 is 11.6 Å². The van der Waals surface area contributed by atoms with Gasteiger partial charge in [0, 0.05) is 5.02 Å². The minimum Gasteiger partial charge on any atom is -0.368 e. The Morgan fingerprint density at radius 2 is 2.00 bits per heavy atom. The Balaban J connectivity index is 3.19. The van der Waals surface area contributed by atoms with Crippen LogP contribution in [0.15, 0.2) is 23.2 Å². The van der Waals surface area contributed by atoms with Gasteiger partial charge in [-0.05, 0) is 18.2 Å². The number of hydrogen-bond donors (Lipinski definition) is 3. The molecule has 1 aromatic rings. The van der Waals surface area contributed by atoms with Gasteiger partial charge in [0.05, 0.1) is 11.3 Å². The zero-order valence-electron chi connectivity index (χ0n) is 7.72. The molecule has 0 amide bonds. The maximum atomic E-state index is 12.4. The molecule has 1 rings (SSSR count). The van der Waals surface area contributed by atoms with Crippen molar-refractivity contribution in [1.29, 1.82) is 0 Å². The molecule has 4 N–H and O–H groups in total. The third-order valence-electron chi connectivity index (χ3n) is 1.57. The molecule has 0 aliphatic rings. The van der Waals surface area contributed by atoms with Crippen LogP contribution in [0.3, 0.4) is 0 Å². The van der Waals surface area contributed by atoms with E-state index in [1.54, 1.807) is 0 Å². The summed E-state index contributed by atoms with van der Waals surface area (Å²) < 4.78 is 37.1. The van der Waals surface area contributed by atoms with Crippen LogP contribution in [-0.2, 0) is 6.18 Å². The van der Waals surface area contributed by atoms with E-state index in [4.69, 9.17) is 22.5 Å². The Kier molecular flexibility index (Phi) is 3.61. The van der Waals surface area contributed by atoms with Gasteiger partial charge in [0.2, 0.25) is 5.96 Å². The van der Waals surface area contributed by atoms with Crippen molar-refractivity contribution in [3.63, 3.8) is 0 Å². The largest absolute Gasteiger partial charge is 0.416 e. The van der Waals surface area contributed by atoms with E-state index in [0.717, 1.165) is 12.1 Å². The van der Waals surface area contributed by atoms with E-state index in [1.165, 1.54) is 11.5 Å². The number of nitrogens with zero attached hydrogens (tertiary/aromatic N) is 1. The second-order valence-corrected chi connectivity index (χ2v) is 3.24. The van der Waals surface area contributed by atoms with E-state index < -0.39 is 17.7 Å². The van der Waals surface area contributed by atoms with Crippen LogP contribution in [0.1, 0.15) is 5.56 Å². The minimum atomic E-state index is -4.52. The predicted molar refractivity (Wildman–Crippen MR) is 52.7 cm³/mol. The molecule has 0 aromatic heterocycles. The molecule has 4 nitrogen and oxygen atoms in total. The molecule has 0 bridgehead atoms. The van der Waals surface area contributed by atoms with E-state index in [1.807, 2.05) is 0 Å². The number of alkyl halides is 3. The average molecular weight is 254 g/mol. The quantitative estimate of drug-likeness (QED) is 0.408. The van der Waals surface area contributed by atoms with Crippen molar-refractivity contribution in [2.45, 2.75) is 6.18 Å². The summed E-state index contributed by atoms with van der Waals surface area (Å²) in [6.45, 7) is 0. The number of guanidine groups is 1. The molecule has 0 saturated carbocycles. The van der Waals surface area contributed by atoms with Crippen LogP contribution in [0, 0.1) is 0 Å². The first-order valence-electron chi connectivity index (χ1n) is 3.95. The Morgan fingerprint density at radius 3 is 2.50 bits per heavy atom. The SMILES string of the molecule is NC(=Nc1cc(Cl)cc(C(F)(F)F)c1)NO. The van der Waals surface area contributed by atoms with Gasteiger partial charge >= 0.3 is 6.18 Å². The number of aliphatic imine (C=N–C) groups is 1. The van der Waals surface area contributed by atoms with E-state index in [2.05, 4.69) is 4.99 Å². The van der Waals surface area contributed by atoms with Crippen molar-refractivity contribution in [3.8, 4) is 0 Å². The molecule has 16 heavy (non-hydrogen) atoms. The van der Waals surface area contributed by atoms with Gasteiger partial charge in [-0.25, -0.2) is 10.5 Å². The van der Waals surface area contributed by atoms with Gasteiger partial charge in [-0.3, -0.25) is 5.21 Å². The van der Waals surface area contributed by atoms with Gasteiger partial charge in [0.25, 0.3) is 0 Å². The van der Waals surface area contributed by atoms with Gasteiger partial charge in [-0.2, -0.15) is 13.2 Å². The van der Waals surface area contributed by atoms with E-state index in [9.17, 15) is 13.2 Å². The number of hydrogen-bond acceptors (Lipinski definition) is 2. The lowest BCUT2D eigenvalue weighted by Crippen LogP contribution is -2.27. The molecular weight excluding hydrogens is 247 g/mol. The molecule has 88 valence electrons. The second kappa shape index (κ2) is 4.58. The molecule has 0 heterocycles. The lowest BCUT2D eigenvalue weighted by molar-refractivity contribution is -0.137. The Morgan fingerprint density at radius 1 is 1.38 bits per heavy atom. The van der Waals surface area contributed by atoms with E-state index in [0.29, 0.717) is 0 Å². The average Bonchev–Trinajstić information content (AvgIpc) is 2.15. The van der Waals surface area contributed by atoms with E-state index in [-0.39, 0.29) is 10.7 Å².